The summed E-state index contributed by atoms with van der Waals surface area (Å²) in [5.41, 5.74) is 5.44. The number of ether oxygens (including phenoxy) is 1. The van der Waals surface area contributed by atoms with E-state index in [1.54, 1.807) is 6.08 Å². The molecule has 1 aromatic carbocycles. The molecule has 0 aliphatic carbocycles. The maximum Gasteiger partial charge on any atom is 0.137 e. The molecule has 0 saturated heterocycles. The Bertz CT molecular complexity index is 886. The minimum atomic E-state index is 0.183. The number of allylic oxidation sites excluding steroid dienone is 3. The normalized spacial score (nSPS) is 11.9. The van der Waals surface area contributed by atoms with Crippen LogP contribution in [-0.4, -0.2) is 15.5 Å². The maximum absolute atomic E-state index is 5.70. The third-order valence-corrected chi connectivity index (χ3v) is 3.84. The van der Waals surface area contributed by atoms with Gasteiger partial charge in [-0.05, 0) is 61.7 Å². The van der Waals surface area contributed by atoms with Crippen molar-refractivity contribution in [2.75, 3.05) is 0 Å². The molecule has 122 valence electrons. The van der Waals surface area contributed by atoms with Gasteiger partial charge in [-0.25, -0.2) is 4.98 Å². The SMILES string of the molecule is C=CC=C(C)c1cnc2cc(-c3ccc(OC(C)C)cc3)ccn12. The van der Waals surface area contributed by atoms with E-state index < -0.39 is 0 Å². The Morgan fingerprint density at radius 2 is 1.92 bits per heavy atom. The Balaban J connectivity index is 1.94. The van der Waals surface area contributed by atoms with Gasteiger partial charge in [0.15, 0.2) is 0 Å². The molecule has 3 aromatic rings. The van der Waals surface area contributed by atoms with Gasteiger partial charge < -0.3 is 4.74 Å². The topological polar surface area (TPSA) is 26.5 Å². The van der Waals surface area contributed by atoms with Crippen molar-refractivity contribution in [2.45, 2.75) is 26.9 Å². The van der Waals surface area contributed by atoms with Gasteiger partial charge in [-0.1, -0.05) is 30.9 Å². The van der Waals surface area contributed by atoms with Crippen molar-refractivity contribution in [3.63, 3.8) is 0 Å². The molecule has 0 aliphatic heterocycles. The van der Waals surface area contributed by atoms with E-state index >= 15 is 0 Å². The summed E-state index contributed by atoms with van der Waals surface area (Å²) in [5.74, 6) is 0.892. The summed E-state index contributed by atoms with van der Waals surface area (Å²) in [6.45, 7) is 9.87. The molecule has 3 nitrogen and oxygen atoms in total. The van der Waals surface area contributed by atoms with Crippen molar-refractivity contribution in [3.05, 3.63) is 73.2 Å². The quantitative estimate of drug-likeness (QED) is 0.591. The first-order valence-electron chi connectivity index (χ1n) is 8.12. The lowest BCUT2D eigenvalue weighted by molar-refractivity contribution is 0.242. The van der Waals surface area contributed by atoms with E-state index in [1.165, 1.54) is 0 Å². The van der Waals surface area contributed by atoms with Crippen LogP contribution in [0.3, 0.4) is 0 Å². The second-order valence-corrected chi connectivity index (χ2v) is 6.06. The lowest BCUT2D eigenvalue weighted by Crippen LogP contribution is -2.05. The zero-order valence-corrected chi connectivity index (χ0v) is 14.4. The van der Waals surface area contributed by atoms with Gasteiger partial charge in [0.2, 0.25) is 0 Å². The Morgan fingerprint density at radius 1 is 1.17 bits per heavy atom. The van der Waals surface area contributed by atoms with E-state index in [0.29, 0.717) is 0 Å². The Hall–Kier alpha value is -2.81. The van der Waals surface area contributed by atoms with Crippen LogP contribution in [0.4, 0.5) is 0 Å². The predicted octanol–water partition coefficient (Wildman–Crippen LogP) is 5.38. The molecule has 0 amide bonds. The third-order valence-electron chi connectivity index (χ3n) is 3.84. The van der Waals surface area contributed by atoms with E-state index in [1.807, 2.05) is 38.3 Å². The number of rotatable bonds is 5. The molecule has 2 heterocycles. The second kappa shape index (κ2) is 6.75. The molecule has 0 N–H and O–H groups in total. The number of benzene rings is 1. The number of fused-ring (bicyclic) bond motifs is 1. The average molecular weight is 318 g/mol. The van der Waals surface area contributed by atoms with Crippen molar-refractivity contribution < 1.29 is 4.74 Å². The average Bonchev–Trinajstić information content (AvgIpc) is 2.98. The van der Waals surface area contributed by atoms with Crippen LogP contribution in [0, 0.1) is 0 Å². The third kappa shape index (κ3) is 3.25. The monoisotopic (exact) mass is 318 g/mol. The highest BCUT2D eigenvalue weighted by Gasteiger charge is 2.07. The zero-order valence-electron chi connectivity index (χ0n) is 14.4. The van der Waals surface area contributed by atoms with Gasteiger partial charge >= 0.3 is 0 Å². The van der Waals surface area contributed by atoms with E-state index in [4.69, 9.17) is 4.74 Å². The van der Waals surface area contributed by atoms with Crippen LogP contribution in [-0.2, 0) is 0 Å². The molecule has 24 heavy (non-hydrogen) atoms. The standard InChI is InChI=1S/C21H22N2O/c1-5-6-16(4)20-14-22-21-13-18(11-12-23(20)21)17-7-9-19(10-8-17)24-15(2)3/h5-15H,1H2,2-4H3. The summed E-state index contributed by atoms with van der Waals surface area (Å²) in [4.78, 5) is 4.53. The predicted molar refractivity (Wildman–Crippen MR) is 100 cm³/mol. The Morgan fingerprint density at radius 3 is 2.58 bits per heavy atom. The van der Waals surface area contributed by atoms with E-state index in [-0.39, 0.29) is 6.10 Å². The highest BCUT2D eigenvalue weighted by atomic mass is 16.5. The highest BCUT2D eigenvalue weighted by Crippen LogP contribution is 2.25. The van der Waals surface area contributed by atoms with Crippen molar-refractivity contribution in [2.24, 2.45) is 0 Å². The summed E-state index contributed by atoms with van der Waals surface area (Å²) in [6.07, 6.45) is 7.93. The van der Waals surface area contributed by atoms with E-state index in [9.17, 15) is 0 Å². The van der Waals surface area contributed by atoms with Crippen LogP contribution >= 0.6 is 0 Å². The fourth-order valence-electron chi connectivity index (χ4n) is 2.71. The maximum atomic E-state index is 5.70. The summed E-state index contributed by atoms with van der Waals surface area (Å²) in [6, 6.07) is 12.4. The van der Waals surface area contributed by atoms with Crippen molar-refractivity contribution in [3.8, 4) is 16.9 Å². The van der Waals surface area contributed by atoms with Crippen molar-refractivity contribution in [1.29, 1.82) is 0 Å². The summed E-state index contributed by atoms with van der Waals surface area (Å²) in [7, 11) is 0. The highest BCUT2D eigenvalue weighted by molar-refractivity contribution is 5.71. The molecular formula is C21H22N2O. The minimum absolute atomic E-state index is 0.183. The van der Waals surface area contributed by atoms with Crippen LogP contribution in [0.1, 0.15) is 26.5 Å². The molecule has 0 bridgehead atoms. The van der Waals surface area contributed by atoms with Gasteiger partial charge in [-0.3, -0.25) is 4.40 Å². The lowest BCUT2D eigenvalue weighted by Gasteiger charge is -2.10. The molecule has 0 unspecified atom stereocenters. The van der Waals surface area contributed by atoms with Gasteiger partial charge in [-0.15, -0.1) is 0 Å². The fraction of sp³-hybridized carbons (Fsp3) is 0.190. The molecule has 0 radical (unpaired) electrons. The molecule has 3 rings (SSSR count). The van der Waals surface area contributed by atoms with Crippen LogP contribution in [0.15, 0.2) is 67.5 Å². The first-order valence-corrected chi connectivity index (χ1v) is 8.12. The largest absolute Gasteiger partial charge is 0.491 e. The molecule has 0 aliphatic rings. The molecule has 0 fully saturated rings. The summed E-state index contributed by atoms with van der Waals surface area (Å²) >= 11 is 0. The molecular weight excluding hydrogens is 296 g/mol. The van der Waals surface area contributed by atoms with E-state index in [2.05, 4.69) is 53.3 Å². The zero-order chi connectivity index (χ0) is 17.1. The Kier molecular flexibility index (Phi) is 4.52. The van der Waals surface area contributed by atoms with E-state index in [0.717, 1.165) is 33.8 Å². The lowest BCUT2D eigenvalue weighted by atomic mass is 10.1. The first kappa shape index (κ1) is 16.1. The minimum Gasteiger partial charge on any atom is -0.491 e. The molecule has 0 atom stereocenters. The van der Waals surface area contributed by atoms with Gasteiger partial charge in [-0.2, -0.15) is 0 Å². The van der Waals surface area contributed by atoms with Gasteiger partial charge in [0, 0.05) is 6.20 Å². The number of pyridine rings is 1. The first-order chi connectivity index (χ1) is 11.6. The number of imidazole rings is 1. The molecule has 3 heteroatoms. The van der Waals surface area contributed by atoms with Gasteiger partial charge in [0.05, 0.1) is 18.0 Å². The van der Waals surface area contributed by atoms with Gasteiger partial charge in [0.1, 0.15) is 11.4 Å². The molecule has 2 aromatic heterocycles. The van der Waals surface area contributed by atoms with Crippen molar-refractivity contribution >= 4 is 11.2 Å². The number of aromatic nitrogens is 2. The smallest absolute Gasteiger partial charge is 0.137 e. The fourth-order valence-corrected chi connectivity index (χ4v) is 2.71. The van der Waals surface area contributed by atoms with Crippen LogP contribution in [0.5, 0.6) is 5.75 Å². The van der Waals surface area contributed by atoms with Crippen molar-refractivity contribution in [1.82, 2.24) is 9.38 Å². The second-order valence-electron chi connectivity index (χ2n) is 6.06. The molecule has 0 spiro atoms. The van der Waals surface area contributed by atoms with Crippen LogP contribution in [0.2, 0.25) is 0 Å². The molecule has 0 saturated carbocycles. The van der Waals surface area contributed by atoms with Crippen LogP contribution < -0.4 is 4.74 Å². The van der Waals surface area contributed by atoms with Crippen LogP contribution in [0.25, 0.3) is 22.3 Å². The number of hydrogen-bond donors (Lipinski definition) is 0. The Labute approximate surface area is 142 Å². The number of hydrogen-bond acceptors (Lipinski definition) is 2. The number of nitrogens with zero attached hydrogens (tertiary/aromatic N) is 2. The summed E-state index contributed by atoms with van der Waals surface area (Å²) in [5, 5.41) is 0. The van der Waals surface area contributed by atoms with Gasteiger partial charge in [0.25, 0.3) is 0 Å². The summed E-state index contributed by atoms with van der Waals surface area (Å²) < 4.78 is 7.79.